The number of nitrogens with zero attached hydrogens (tertiary/aromatic N) is 4. The van der Waals surface area contributed by atoms with Crippen LogP contribution in [0.2, 0.25) is 5.02 Å². The maximum Gasteiger partial charge on any atom is 0.347 e. The second-order valence-corrected chi connectivity index (χ2v) is 5.71. The second-order valence-electron chi connectivity index (χ2n) is 5.31. The first-order chi connectivity index (χ1) is 11.0. The molecule has 0 saturated heterocycles. The van der Waals surface area contributed by atoms with Crippen molar-refractivity contribution in [1.82, 2.24) is 19.3 Å². The minimum absolute atomic E-state index is 0.169. The molecule has 2 aromatic heterocycles. The highest BCUT2D eigenvalue weighted by Gasteiger charge is 2.30. The zero-order chi connectivity index (χ0) is 16.6. The minimum Gasteiger partial charge on any atom is -0.480 e. The fourth-order valence-corrected chi connectivity index (χ4v) is 3.01. The van der Waals surface area contributed by atoms with Gasteiger partial charge >= 0.3 is 11.7 Å². The predicted molar refractivity (Wildman–Crippen MR) is 81.0 cm³/mol. The molecule has 3 rings (SSSR count). The van der Waals surface area contributed by atoms with E-state index in [4.69, 9.17) is 16.3 Å². The summed E-state index contributed by atoms with van der Waals surface area (Å²) in [6.07, 6.45) is 3.27. The third-order valence-corrected chi connectivity index (χ3v) is 4.08. The number of aromatic nitrogens is 4. The molecule has 8 nitrogen and oxygen atoms in total. The van der Waals surface area contributed by atoms with Crippen LogP contribution in [0.3, 0.4) is 0 Å². The van der Waals surface area contributed by atoms with Gasteiger partial charge in [-0.05, 0) is 24.5 Å². The Morgan fingerprint density at radius 2 is 2.35 bits per heavy atom. The fourth-order valence-electron chi connectivity index (χ4n) is 2.74. The molecule has 3 heterocycles. The first kappa shape index (κ1) is 15.5. The molecule has 0 radical (unpaired) electrons. The van der Waals surface area contributed by atoms with E-state index in [1.54, 1.807) is 12.3 Å². The summed E-state index contributed by atoms with van der Waals surface area (Å²) in [5.74, 6) is -0.208. The lowest BCUT2D eigenvalue weighted by Crippen LogP contribution is -2.34. The topological polar surface area (TPSA) is 99.2 Å². The van der Waals surface area contributed by atoms with E-state index in [9.17, 15) is 14.7 Å². The number of halogens is 1. The summed E-state index contributed by atoms with van der Waals surface area (Å²) in [6.45, 7) is 0.169. The van der Waals surface area contributed by atoms with Gasteiger partial charge in [0.1, 0.15) is 16.9 Å². The highest BCUT2D eigenvalue weighted by molar-refractivity contribution is 6.31. The Kier molecular flexibility index (Phi) is 4.08. The Morgan fingerprint density at radius 3 is 3.00 bits per heavy atom. The third-order valence-electron chi connectivity index (χ3n) is 3.81. The minimum atomic E-state index is -1.01. The number of carboxylic acids is 1. The lowest BCUT2D eigenvalue weighted by molar-refractivity contribution is -0.141. The Bertz CT molecular complexity index is 814. The van der Waals surface area contributed by atoms with Crippen LogP contribution >= 0.6 is 11.6 Å². The zero-order valence-corrected chi connectivity index (χ0v) is 13.2. The van der Waals surface area contributed by atoms with Crippen molar-refractivity contribution in [2.24, 2.45) is 0 Å². The van der Waals surface area contributed by atoms with Crippen molar-refractivity contribution >= 4 is 17.6 Å². The molecule has 0 saturated carbocycles. The van der Waals surface area contributed by atoms with Crippen molar-refractivity contribution in [3.63, 3.8) is 0 Å². The van der Waals surface area contributed by atoms with Crippen LogP contribution in [0.5, 0.6) is 5.88 Å². The number of aliphatic carboxylic acids is 1. The molecule has 2 aromatic rings. The number of ether oxygens (including phenoxy) is 1. The Labute approximate surface area is 136 Å². The average Bonchev–Trinajstić information content (AvgIpc) is 2.84. The number of pyridine rings is 1. The Balaban J connectivity index is 1.95. The number of hydrogen-bond acceptors (Lipinski definition) is 5. The van der Waals surface area contributed by atoms with Crippen LogP contribution in [0.15, 0.2) is 17.1 Å². The van der Waals surface area contributed by atoms with E-state index in [0.717, 1.165) is 0 Å². The van der Waals surface area contributed by atoms with E-state index in [1.807, 2.05) is 0 Å². The molecule has 0 bridgehead atoms. The van der Waals surface area contributed by atoms with Gasteiger partial charge in [0.2, 0.25) is 5.88 Å². The van der Waals surface area contributed by atoms with Gasteiger partial charge in [-0.3, -0.25) is 4.57 Å². The molecule has 1 N–H and O–H groups in total. The number of fused-ring (bicyclic) bond motifs is 1. The molecule has 0 aromatic carbocycles. The van der Waals surface area contributed by atoms with Gasteiger partial charge in [0.05, 0.1) is 13.7 Å². The molecule has 0 amide bonds. The number of carbonyl (C=O) groups is 1. The van der Waals surface area contributed by atoms with Crippen molar-refractivity contribution in [2.75, 3.05) is 7.11 Å². The van der Waals surface area contributed by atoms with Crippen molar-refractivity contribution in [3.05, 3.63) is 39.2 Å². The van der Waals surface area contributed by atoms with Gasteiger partial charge < -0.3 is 9.84 Å². The van der Waals surface area contributed by atoms with Crippen molar-refractivity contribution in [1.29, 1.82) is 0 Å². The van der Waals surface area contributed by atoms with Gasteiger partial charge in [-0.1, -0.05) is 11.6 Å². The van der Waals surface area contributed by atoms with Gasteiger partial charge in [-0.15, -0.1) is 0 Å². The van der Waals surface area contributed by atoms with Crippen molar-refractivity contribution < 1.29 is 14.6 Å². The first-order valence-corrected chi connectivity index (χ1v) is 7.48. The van der Waals surface area contributed by atoms with E-state index in [2.05, 4.69) is 10.1 Å². The summed E-state index contributed by atoms with van der Waals surface area (Å²) in [7, 11) is 1.47. The van der Waals surface area contributed by atoms with E-state index in [1.165, 1.54) is 16.4 Å². The summed E-state index contributed by atoms with van der Waals surface area (Å²) in [4.78, 5) is 27.8. The van der Waals surface area contributed by atoms with Crippen LogP contribution in [0.25, 0.3) is 0 Å². The van der Waals surface area contributed by atoms with Crippen LogP contribution in [0, 0.1) is 0 Å². The molecular weight excluding hydrogens is 324 g/mol. The van der Waals surface area contributed by atoms with Crippen molar-refractivity contribution in [2.45, 2.75) is 31.8 Å². The summed E-state index contributed by atoms with van der Waals surface area (Å²) >= 11 is 6.02. The van der Waals surface area contributed by atoms with Gasteiger partial charge in [-0.25, -0.2) is 19.3 Å². The lowest BCUT2D eigenvalue weighted by Gasteiger charge is -2.19. The van der Waals surface area contributed by atoms with Crippen LogP contribution in [0.4, 0.5) is 0 Å². The summed E-state index contributed by atoms with van der Waals surface area (Å²) in [6, 6.07) is 0.796. The number of aryl methyl sites for hydroxylation is 1. The van der Waals surface area contributed by atoms with Gasteiger partial charge in [-0.2, -0.15) is 5.10 Å². The molecule has 1 aliphatic rings. The maximum absolute atomic E-state index is 12.5. The SMILES string of the molecule is COc1ncc(Cn2nc3n(c2=O)C(C(=O)O)CCC3)cc1Cl. The van der Waals surface area contributed by atoms with E-state index in [-0.39, 0.29) is 6.54 Å². The molecular formula is C14H15ClN4O4. The molecule has 0 aliphatic carbocycles. The summed E-state index contributed by atoms with van der Waals surface area (Å²) in [5.41, 5.74) is 0.249. The molecule has 9 heteroatoms. The van der Waals surface area contributed by atoms with Gasteiger partial charge in [0.15, 0.2) is 0 Å². The van der Waals surface area contributed by atoms with Crippen molar-refractivity contribution in [3.8, 4) is 5.88 Å². The number of rotatable bonds is 4. The molecule has 1 aliphatic heterocycles. The average molecular weight is 339 g/mol. The highest BCUT2D eigenvalue weighted by Crippen LogP contribution is 2.23. The molecule has 0 fully saturated rings. The van der Waals surface area contributed by atoms with Gasteiger partial charge in [0, 0.05) is 12.6 Å². The quantitative estimate of drug-likeness (QED) is 0.896. The number of hydrogen-bond donors (Lipinski definition) is 1. The second kappa shape index (κ2) is 6.04. The zero-order valence-electron chi connectivity index (χ0n) is 12.4. The van der Waals surface area contributed by atoms with E-state index >= 15 is 0 Å². The molecule has 122 valence electrons. The summed E-state index contributed by atoms with van der Waals surface area (Å²) in [5, 5.41) is 13.9. The summed E-state index contributed by atoms with van der Waals surface area (Å²) < 4.78 is 7.50. The smallest absolute Gasteiger partial charge is 0.347 e. The van der Waals surface area contributed by atoms with E-state index in [0.29, 0.717) is 41.6 Å². The monoisotopic (exact) mass is 338 g/mol. The van der Waals surface area contributed by atoms with Crippen LogP contribution < -0.4 is 10.4 Å². The Morgan fingerprint density at radius 1 is 1.57 bits per heavy atom. The van der Waals surface area contributed by atoms with E-state index < -0.39 is 17.7 Å². The Hall–Kier alpha value is -2.35. The maximum atomic E-state index is 12.5. The van der Waals surface area contributed by atoms with Crippen LogP contribution in [-0.4, -0.2) is 37.5 Å². The fraction of sp³-hybridized carbons (Fsp3) is 0.429. The van der Waals surface area contributed by atoms with Crippen LogP contribution in [-0.2, 0) is 17.8 Å². The number of carboxylic acid groups (broad SMARTS) is 1. The standard InChI is InChI=1S/C14H15ClN4O4/c1-23-12-9(15)5-8(6-16-12)7-18-14(22)19-10(13(20)21)3-2-4-11(19)17-18/h5-6,10H,2-4,7H2,1H3,(H,20,21). The largest absolute Gasteiger partial charge is 0.480 e. The molecule has 0 spiro atoms. The van der Waals surface area contributed by atoms with Gasteiger partial charge in [0.25, 0.3) is 0 Å². The lowest BCUT2D eigenvalue weighted by atomic mass is 10.1. The van der Waals surface area contributed by atoms with Crippen LogP contribution in [0.1, 0.15) is 30.3 Å². The predicted octanol–water partition coefficient (Wildman–Crippen LogP) is 1.11. The molecule has 23 heavy (non-hydrogen) atoms. The number of methoxy groups -OCH3 is 1. The molecule has 1 atom stereocenters. The highest BCUT2D eigenvalue weighted by atomic mass is 35.5. The molecule has 1 unspecified atom stereocenters. The normalized spacial score (nSPS) is 16.9. The third kappa shape index (κ3) is 2.81. The first-order valence-electron chi connectivity index (χ1n) is 7.10.